The summed E-state index contributed by atoms with van der Waals surface area (Å²) in [5, 5.41) is 0. The standard InChI is InChI=1S/C22H23F5N2/c1-2-3-14-4-6-15(7-5-14)17-12-28-21(29-13-17)16-10-19(23)18(20(24)11-16)8-9-22(25,26)27/h8-15H,2-7H2,1H3. The van der Waals surface area contributed by atoms with E-state index in [9.17, 15) is 22.0 Å². The van der Waals surface area contributed by atoms with E-state index in [0.717, 1.165) is 36.5 Å². The molecule has 0 aliphatic heterocycles. The van der Waals surface area contributed by atoms with Crippen LogP contribution in [0.25, 0.3) is 17.5 Å². The number of allylic oxidation sites excluding steroid dienone is 1. The van der Waals surface area contributed by atoms with Crippen LogP contribution in [0.15, 0.2) is 30.6 Å². The van der Waals surface area contributed by atoms with Crippen LogP contribution in [-0.2, 0) is 0 Å². The van der Waals surface area contributed by atoms with E-state index in [1.54, 1.807) is 12.4 Å². The summed E-state index contributed by atoms with van der Waals surface area (Å²) in [4.78, 5) is 8.47. The van der Waals surface area contributed by atoms with E-state index in [0.29, 0.717) is 12.0 Å². The molecule has 3 rings (SSSR count). The van der Waals surface area contributed by atoms with Crippen LogP contribution in [0.3, 0.4) is 0 Å². The largest absolute Gasteiger partial charge is 0.409 e. The summed E-state index contributed by atoms with van der Waals surface area (Å²) in [6.45, 7) is 2.20. The second-order valence-corrected chi connectivity index (χ2v) is 7.57. The fourth-order valence-electron chi connectivity index (χ4n) is 3.94. The zero-order valence-electron chi connectivity index (χ0n) is 16.1. The molecule has 29 heavy (non-hydrogen) atoms. The van der Waals surface area contributed by atoms with E-state index in [1.165, 1.54) is 25.7 Å². The molecule has 1 fully saturated rings. The first kappa shape index (κ1) is 21.4. The Kier molecular flexibility index (Phi) is 6.65. The van der Waals surface area contributed by atoms with Crippen molar-refractivity contribution in [3.8, 4) is 11.4 Å². The predicted octanol–water partition coefficient (Wildman–Crippen LogP) is 7.07. The second-order valence-electron chi connectivity index (χ2n) is 7.57. The highest BCUT2D eigenvalue weighted by molar-refractivity contribution is 5.61. The van der Waals surface area contributed by atoms with Crippen LogP contribution in [0.2, 0.25) is 0 Å². The van der Waals surface area contributed by atoms with E-state index in [-0.39, 0.29) is 17.5 Å². The van der Waals surface area contributed by atoms with Crippen molar-refractivity contribution in [2.45, 2.75) is 57.5 Å². The highest BCUT2D eigenvalue weighted by Crippen LogP contribution is 2.37. The lowest BCUT2D eigenvalue weighted by Crippen LogP contribution is -2.13. The van der Waals surface area contributed by atoms with Crippen molar-refractivity contribution in [3.63, 3.8) is 0 Å². The number of hydrogen-bond acceptors (Lipinski definition) is 2. The molecule has 1 aromatic heterocycles. The molecule has 0 N–H and O–H groups in total. The zero-order valence-corrected chi connectivity index (χ0v) is 16.1. The number of alkyl halides is 3. The summed E-state index contributed by atoms with van der Waals surface area (Å²) >= 11 is 0. The van der Waals surface area contributed by atoms with E-state index >= 15 is 0 Å². The van der Waals surface area contributed by atoms with Crippen molar-refractivity contribution in [1.82, 2.24) is 9.97 Å². The van der Waals surface area contributed by atoms with Crippen molar-refractivity contribution in [2.75, 3.05) is 0 Å². The number of halogens is 5. The first-order valence-corrected chi connectivity index (χ1v) is 9.84. The third kappa shape index (κ3) is 5.61. The molecule has 2 aromatic rings. The molecular formula is C22H23F5N2. The number of benzene rings is 1. The normalized spacial score (nSPS) is 20.3. The summed E-state index contributed by atoms with van der Waals surface area (Å²) in [7, 11) is 0. The quantitative estimate of drug-likeness (QED) is 0.493. The Hall–Kier alpha value is -2.31. The second kappa shape index (κ2) is 9.01. The molecule has 1 saturated carbocycles. The molecule has 0 unspecified atom stereocenters. The number of aromatic nitrogens is 2. The van der Waals surface area contributed by atoms with Crippen molar-refractivity contribution < 1.29 is 22.0 Å². The van der Waals surface area contributed by atoms with E-state index in [1.807, 2.05) is 0 Å². The summed E-state index contributed by atoms with van der Waals surface area (Å²) < 4.78 is 65.0. The molecule has 0 radical (unpaired) electrons. The van der Waals surface area contributed by atoms with Crippen LogP contribution in [0.1, 0.15) is 62.5 Å². The van der Waals surface area contributed by atoms with Gasteiger partial charge in [0.15, 0.2) is 5.82 Å². The summed E-state index contributed by atoms with van der Waals surface area (Å²) in [6.07, 6.45) is 5.88. The third-order valence-electron chi connectivity index (χ3n) is 5.46. The van der Waals surface area contributed by atoms with Gasteiger partial charge in [-0.15, -0.1) is 0 Å². The lowest BCUT2D eigenvalue weighted by Gasteiger charge is -2.28. The maximum atomic E-state index is 14.1. The minimum atomic E-state index is -4.65. The Balaban J connectivity index is 1.74. The van der Waals surface area contributed by atoms with Gasteiger partial charge >= 0.3 is 6.18 Å². The Bertz CT molecular complexity index is 827. The molecule has 0 saturated heterocycles. The van der Waals surface area contributed by atoms with E-state index in [4.69, 9.17) is 0 Å². The minimum Gasteiger partial charge on any atom is -0.236 e. The Morgan fingerprint density at radius 3 is 2.10 bits per heavy atom. The van der Waals surface area contributed by atoms with Gasteiger partial charge in [0.05, 0.1) is 0 Å². The lowest BCUT2D eigenvalue weighted by molar-refractivity contribution is -0.0790. The van der Waals surface area contributed by atoms with Gasteiger partial charge in [0.25, 0.3) is 0 Å². The Morgan fingerprint density at radius 2 is 1.59 bits per heavy atom. The molecular weight excluding hydrogens is 387 g/mol. The SMILES string of the molecule is CCCC1CCC(c2cnc(-c3cc(F)c(C=CC(F)(F)F)c(F)c3)nc2)CC1. The van der Waals surface area contributed by atoms with Crippen molar-refractivity contribution in [1.29, 1.82) is 0 Å². The summed E-state index contributed by atoms with van der Waals surface area (Å²) in [6, 6.07) is 1.90. The van der Waals surface area contributed by atoms with Gasteiger partial charge in [-0.2, -0.15) is 13.2 Å². The predicted molar refractivity (Wildman–Crippen MR) is 102 cm³/mol. The van der Waals surface area contributed by atoms with Crippen molar-refractivity contribution in [3.05, 3.63) is 53.4 Å². The third-order valence-corrected chi connectivity index (χ3v) is 5.46. The van der Waals surface area contributed by atoms with Gasteiger partial charge in [-0.1, -0.05) is 19.8 Å². The van der Waals surface area contributed by atoms with Gasteiger partial charge in [0.1, 0.15) is 11.6 Å². The maximum Gasteiger partial charge on any atom is 0.409 e. The van der Waals surface area contributed by atoms with E-state index in [2.05, 4.69) is 16.9 Å². The first-order valence-electron chi connectivity index (χ1n) is 9.84. The molecule has 1 heterocycles. The average Bonchev–Trinajstić information content (AvgIpc) is 2.67. The molecule has 1 aliphatic rings. The molecule has 0 bridgehead atoms. The molecule has 1 aromatic carbocycles. The van der Waals surface area contributed by atoms with Crippen LogP contribution in [0, 0.1) is 17.6 Å². The van der Waals surface area contributed by atoms with Gasteiger partial charge in [0, 0.05) is 29.6 Å². The molecule has 156 valence electrons. The molecule has 0 amide bonds. The Labute approximate surface area is 166 Å². The van der Waals surface area contributed by atoms with Crippen molar-refractivity contribution >= 4 is 6.08 Å². The number of hydrogen-bond donors (Lipinski definition) is 0. The average molecular weight is 410 g/mol. The maximum absolute atomic E-state index is 14.1. The van der Waals surface area contributed by atoms with Crippen LogP contribution < -0.4 is 0 Å². The molecule has 7 heteroatoms. The highest BCUT2D eigenvalue weighted by atomic mass is 19.4. The molecule has 1 aliphatic carbocycles. The lowest BCUT2D eigenvalue weighted by atomic mass is 9.78. The fourth-order valence-corrected chi connectivity index (χ4v) is 3.94. The smallest absolute Gasteiger partial charge is 0.236 e. The van der Waals surface area contributed by atoms with E-state index < -0.39 is 23.4 Å². The van der Waals surface area contributed by atoms with Gasteiger partial charge in [-0.05, 0) is 61.3 Å². The van der Waals surface area contributed by atoms with Crippen LogP contribution in [0.4, 0.5) is 22.0 Å². The van der Waals surface area contributed by atoms with Gasteiger partial charge in [-0.25, -0.2) is 18.7 Å². The molecule has 2 nitrogen and oxygen atoms in total. The van der Waals surface area contributed by atoms with Crippen molar-refractivity contribution in [2.24, 2.45) is 5.92 Å². The van der Waals surface area contributed by atoms with Gasteiger partial charge < -0.3 is 0 Å². The van der Waals surface area contributed by atoms with Gasteiger partial charge in [0.2, 0.25) is 0 Å². The highest BCUT2D eigenvalue weighted by Gasteiger charge is 2.24. The topological polar surface area (TPSA) is 25.8 Å². The summed E-state index contributed by atoms with van der Waals surface area (Å²) in [5.41, 5.74) is 0.350. The van der Waals surface area contributed by atoms with Crippen LogP contribution >= 0.6 is 0 Å². The minimum absolute atomic E-state index is 0.0855. The monoisotopic (exact) mass is 410 g/mol. The van der Waals surface area contributed by atoms with Crippen LogP contribution in [0.5, 0.6) is 0 Å². The first-order chi connectivity index (χ1) is 13.8. The molecule has 0 atom stereocenters. The number of rotatable bonds is 5. The van der Waals surface area contributed by atoms with Gasteiger partial charge in [-0.3, -0.25) is 0 Å². The summed E-state index contributed by atoms with van der Waals surface area (Å²) in [5.74, 6) is -0.879. The fraction of sp³-hybridized carbons (Fsp3) is 0.455. The van der Waals surface area contributed by atoms with Crippen LogP contribution in [-0.4, -0.2) is 16.1 Å². The molecule has 0 spiro atoms. The number of nitrogens with zero attached hydrogens (tertiary/aromatic N) is 2. The Morgan fingerprint density at radius 1 is 1.00 bits per heavy atom. The zero-order chi connectivity index (χ0) is 21.0.